The number of hydrogen-bond acceptors (Lipinski definition) is 4. The summed E-state index contributed by atoms with van der Waals surface area (Å²) in [5.74, 6) is 1.67. The molecule has 154 valence electrons. The van der Waals surface area contributed by atoms with Crippen molar-refractivity contribution < 1.29 is 4.74 Å². The Kier molecular flexibility index (Phi) is 9.31. The van der Waals surface area contributed by atoms with E-state index in [0.29, 0.717) is 12.0 Å². The third-order valence-corrected chi connectivity index (χ3v) is 5.67. The summed E-state index contributed by atoms with van der Waals surface area (Å²) in [5.41, 5.74) is 0. The van der Waals surface area contributed by atoms with E-state index < -0.39 is 0 Å². The van der Waals surface area contributed by atoms with Gasteiger partial charge in [0.15, 0.2) is 5.96 Å². The first-order chi connectivity index (χ1) is 12.7. The molecular weight excluding hydrogens is 455 g/mol. The van der Waals surface area contributed by atoms with Gasteiger partial charge in [-0.15, -0.1) is 24.0 Å². The summed E-state index contributed by atoms with van der Waals surface area (Å²) in [6, 6.07) is 1.21. The van der Waals surface area contributed by atoms with Gasteiger partial charge in [0, 0.05) is 65.3 Å². The zero-order chi connectivity index (χ0) is 18.4. The van der Waals surface area contributed by atoms with Gasteiger partial charge in [-0.1, -0.05) is 6.92 Å². The lowest BCUT2D eigenvalue weighted by Gasteiger charge is -2.39. The molecule has 1 saturated carbocycles. The van der Waals surface area contributed by atoms with Crippen molar-refractivity contribution in [1.29, 1.82) is 0 Å². The van der Waals surface area contributed by atoms with Crippen LogP contribution in [-0.4, -0.2) is 84.8 Å². The molecule has 8 heteroatoms. The molecule has 7 nitrogen and oxygen atoms in total. The molecule has 1 aliphatic heterocycles. The van der Waals surface area contributed by atoms with E-state index in [9.17, 15) is 0 Å². The second kappa shape index (κ2) is 11.2. The molecule has 1 aromatic heterocycles. The van der Waals surface area contributed by atoms with Crippen molar-refractivity contribution in [2.24, 2.45) is 10.9 Å². The van der Waals surface area contributed by atoms with E-state index >= 15 is 0 Å². The van der Waals surface area contributed by atoms with Gasteiger partial charge in [0.1, 0.15) is 0 Å². The number of piperidine rings is 1. The number of hydrogen-bond donors (Lipinski definition) is 1. The number of guanidine groups is 1. The van der Waals surface area contributed by atoms with Crippen molar-refractivity contribution in [2.75, 3.05) is 53.5 Å². The summed E-state index contributed by atoms with van der Waals surface area (Å²) in [4.78, 5) is 13.7. The second-order valence-electron chi connectivity index (χ2n) is 7.52. The van der Waals surface area contributed by atoms with Gasteiger partial charge in [-0.25, -0.2) is 4.98 Å². The number of ether oxygens (including phenoxy) is 1. The largest absolute Gasteiger partial charge is 0.383 e. The summed E-state index contributed by atoms with van der Waals surface area (Å²) in [7, 11) is 3.66. The molecule has 2 unspecified atom stereocenters. The Morgan fingerprint density at radius 3 is 2.78 bits per heavy atom. The maximum absolute atomic E-state index is 5.25. The Morgan fingerprint density at radius 2 is 2.15 bits per heavy atom. The molecule has 3 rings (SSSR count). The molecule has 0 spiro atoms. The maximum Gasteiger partial charge on any atom is 0.193 e. The number of aliphatic imine (C=N–C) groups is 1. The molecule has 2 atom stereocenters. The number of imidazole rings is 1. The maximum atomic E-state index is 5.25. The third kappa shape index (κ3) is 6.32. The molecule has 1 aromatic rings. The monoisotopic (exact) mass is 490 g/mol. The van der Waals surface area contributed by atoms with Crippen LogP contribution in [0.25, 0.3) is 0 Å². The van der Waals surface area contributed by atoms with E-state index in [1.807, 2.05) is 19.6 Å². The lowest BCUT2D eigenvalue weighted by Crippen LogP contribution is -2.50. The van der Waals surface area contributed by atoms with Gasteiger partial charge in [-0.3, -0.25) is 9.89 Å². The van der Waals surface area contributed by atoms with E-state index in [0.717, 1.165) is 51.3 Å². The summed E-state index contributed by atoms with van der Waals surface area (Å²) < 4.78 is 7.49. The highest BCUT2D eigenvalue weighted by molar-refractivity contribution is 14.0. The predicted molar refractivity (Wildman–Crippen MR) is 120 cm³/mol. The van der Waals surface area contributed by atoms with E-state index in [-0.39, 0.29) is 24.0 Å². The lowest BCUT2D eigenvalue weighted by molar-refractivity contribution is 0.144. The van der Waals surface area contributed by atoms with Gasteiger partial charge in [0.2, 0.25) is 0 Å². The Hall–Kier alpha value is -0.870. The first kappa shape index (κ1) is 22.4. The molecule has 2 heterocycles. The quantitative estimate of drug-likeness (QED) is 0.344. The average molecular weight is 490 g/mol. The van der Waals surface area contributed by atoms with Crippen LogP contribution in [0, 0.1) is 5.92 Å². The Bertz CT molecular complexity index is 563. The average Bonchev–Trinajstić information content (AvgIpc) is 3.36. The molecular formula is C19H35IN6O. The fourth-order valence-corrected chi connectivity index (χ4v) is 3.86. The predicted octanol–water partition coefficient (Wildman–Crippen LogP) is 2.07. The van der Waals surface area contributed by atoms with Gasteiger partial charge in [-0.2, -0.15) is 0 Å². The number of aromatic nitrogens is 2. The first-order valence-electron chi connectivity index (χ1n) is 9.89. The summed E-state index contributed by atoms with van der Waals surface area (Å²) >= 11 is 0. The fraction of sp³-hybridized carbons (Fsp3) is 0.789. The van der Waals surface area contributed by atoms with Crippen LogP contribution in [0.1, 0.15) is 32.2 Å². The van der Waals surface area contributed by atoms with Crippen LogP contribution in [0.4, 0.5) is 0 Å². The molecule has 1 saturated heterocycles. The van der Waals surface area contributed by atoms with Gasteiger partial charge in [-0.05, 0) is 25.2 Å². The fourth-order valence-electron chi connectivity index (χ4n) is 3.86. The van der Waals surface area contributed by atoms with Gasteiger partial charge < -0.3 is 19.5 Å². The zero-order valence-electron chi connectivity index (χ0n) is 16.9. The second-order valence-corrected chi connectivity index (χ2v) is 7.52. The summed E-state index contributed by atoms with van der Waals surface area (Å²) in [6.45, 7) is 8.17. The molecule has 27 heavy (non-hydrogen) atoms. The number of halogens is 1. The van der Waals surface area contributed by atoms with Crippen molar-refractivity contribution in [1.82, 2.24) is 24.7 Å². The lowest BCUT2D eigenvalue weighted by atomic mass is 9.93. The van der Waals surface area contributed by atoms with Crippen LogP contribution >= 0.6 is 24.0 Å². The summed E-state index contributed by atoms with van der Waals surface area (Å²) in [5, 5.41) is 3.58. The molecule has 0 bridgehead atoms. The third-order valence-electron chi connectivity index (χ3n) is 5.67. The number of nitrogens with one attached hydrogen (secondary N) is 1. The number of methoxy groups -OCH3 is 1. The van der Waals surface area contributed by atoms with Crippen molar-refractivity contribution >= 4 is 29.9 Å². The van der Waals surface area contributed by atoms with Gasteiger partial charge in [0.05, 0.1) is 19.0 Å². The van der Waals surface area contributed by atoms with Crippen LogP contribution < -0.4 is 5.32 Å². The Labute approximate surface area is 180 Å². The highest BCUT2D eigenvalue weighted by Crippen LogP contribution is 2.27. The van der Waals surface area contributed by atoms with Crippen LogP contribution in [0.2, 0.25) is 0 Å². The van der Waals surface area contributed by atoms with E-state index in [4.69, 9.17) is 4.74 Å². The number of nitrogens with zero attached hydrogens (tertiary/aromatic N) is 5. The standard InChI is InChI=1S/C19H34N6O.HI/c1-16-6-9-24(14-18(16)25-10-7-21-15-25)19(20-2)22-8-11-23(12-13-26-3)17-4-5-17;/h7,10,15-18H,4-6,8-9,11-14H2,1-3H3,(H,20,22);1H. The minimum Gasteiger partial charge on any atom is -0.383 e. The summed E-state index contributed by atoms with van der Waals surface area (Å²) in [6.07, 6.45) is 9.70. The SMILES string of the molecule is CN=C(NCCN(CCOC)C1CC1)N1CCC(C)C(n2ccnc2)C1.I. The number of likely N-dealkylation sites (tertiary alicyclic amines) is 1. The van der Waals surface area contributed by atoms with Crippen LogP contribution in [0.5, 0.6) is 0 Å². The number of rotatable bonds is 8. The van der Waals surface area contributed by atoms with E-state index in [1.165, 1.54) is 19.3 Å². The Balaban J connectivity index is 0.00000261. The van der Waals surface area contributed by atoms with Crippen molar-refractivity contribution in [3.8, 4) is 0 Å². The molecule has 2 fully saturated rings. The molecule has 1 aliphatic carbocycles. The molecule has 0 amide bonds. The van der Waals surface area contributed by atoms with Crippen LogP contribution in [-0.2, 0) is 4.74 Å². The Morgan fingerprint density at radius 1 is 1.33 bits per heavy atom. The van der Waals surface area contributed by atoms with Crippen molar-refractivity contribution in [2.45, 2.75) is 38.3 Å². The molecule has 0 aromatic carbocycles. The highest BCUT2D eigenvalue weighted by Gasteiger charge is 2.30. The minimum absolute atomic E-state index is 0. The molecule has 0 radical (unpaired) electrons. The van der Waals surface area contributed by atoms with Crippen LogP contribution in [0.15, 0.2) is 23.7 Å². The minimum atomic E-state index is 0. The van der Waals surface area contributed by atoms with Crippen molar-refractivity contribution in [3.05, 3.63) is 18.7 Å². The highest BCUT2D eigenvalue weighted by atomic mass is 127. The van der Waals surface area contributed by atoms with E-state index in [2.05, 4.69) is 42.8 Å². The molecule has 1 N–H and O–H groups in total. The topological polar surface area (TPSA) is 57.9 Å². The van der Waals surface area contributed by atoms with Crippen LogP contribution in [0.3, 0.4) is 0 Å². The zero-order valence-corrected chi connectivity index (χ0v) is 19.2. The van der Waals surface area contributed by atoms with Crippen molar-refractivity contribution in [3.63, 3.8) is 0 Å². The van der Waals surface area contributed by atoms with E-state index in [1.54, 1.807) is 7.11 Å². The molecule has 2 aliphatic rings. The first-order valence-corrected chi connectivity index (χ1v) is 9.89. The van der Waals surface area contributed by atoms with Gasteiger partial charge in [0.25, 0.3) is 0 Å². The van der Waals surface area contributed by atoms with Gasteiger partial charge >= 0.3 is 0 Å². The smallest absolute Gasteiger partial charge is 0.193 e. The normalized spacial score (nSPS) is 23.4.